The zero-order valence-electron chi connectivity index (χ0n) is 16.8. The van der Waals surface area contributed by atoms with Gasteiger partial charge in [0.05, 0.1) is 13.0 Å². The van der Waals surface area contributed by atoms with E-state index in [9.17, 15) is 28.8 Å². The molecule has 0 aliphatic carbocycles. The van der Waals surface area contributed by atoms with Crippen molar-refractivity contribution in [1.29, 1.82) is 0 Å². The lowest BCUT2D eigenvalue weighted by Gasteiger charge is -2.25. The van der Waals surface area contributed by atoms with Crippen molar-refractivity contribution in [3.63, 3.8) is 0 Å². The van der Waals surface area contributed by atoms with Gasteiger partial charge in [-0.15, -0.1) is 0 Å². The second kappa shape index (κ2) is 13.1. The van der Waals surface area contributed by atoms with Crippen LogP contribution in [0.1, 0.15) is 39.5 Å². The summed E-state index contributed by atoms with van der Waals surface area (Å²) in [7, 11) is 0. The van der Waals surface area contributed by atoms with Crippen molar-refractivity contribution in [2.24, 2.45) is 17.4 Å². The predicted octanol–water partition coefficient (Wildman–Crippen LogP) is -2.73. The van der Waals surface area contributed by atoms with E-state index in [0.29, 0.717) is 0 Å². The van der Waals surface area contributed by atoms with Gasteiger partial charge in [-0.3, -0.25) is 24.0 Å². The van der Waals surface area contributed by atoms with E-state index in [1.807, 2.05) is 0 Å². The fraction of sp³-hybridized carbons (Fsp3) is 0.647. The lowest BCUT2D eigenvalue weighted by molar-refractivity contribution is -0.147. The van der Waals surface area contributed by atoms with Crippen molar-refractivity contribution in [2.45, 2.75) is 57.7 Å². The van der Waals surface area contributed by atoms with Gasteiger partial charge in [-0.1, -0.05) is 13.8 Å². The average Bonchev–Trinajstić information content (AvgIpc) is 2.62. The van der Waals surface area contributed by atoms with Gasteiger partial charge in [0.2, 0.25) is 23.6 Å². The molecule has 9 N–H and O–H groups in total. The predicted molar refractivity (Wildman–Crippen MR) is 103 cm³/mol. The molecule has 0 spiro atoms. The molecule has 3 unspecified atom stereocenters. The Morgan fingerprint density at radius 2 is 1.40 bits per heavy atom. The normalized spacial score (nSPS) is 13.6. The number of carboxylic acids is 2. The summed E-state index contributed by atoms with van der Waals surface area (Å²) < 4.78 is 0. The Morgan fingerprint density at radius 1 is 0.867 bits per heavy atom. The van der Waals surface area contributed by atoms with Crippen LogP contribution in [0.5, 0.6) is 0 Å². The number of carbonyl (C=O) groups is 6. The second-order valence-electron chi connectivity index (χ2n) is 7.02. The van der Waals surface area contributed by atoms with Crippen molar-refractivity contribution in [3.8, 4) is 0 Å². The molecule has 0 saturated heterocycles. The summed E-state index contributed by atoms with van der Waals surface area (Å²) in [6.45, 7) is 3.09. The first-order valence-electron chi connectivity index (χ1n) is 9.20. The van der Waals surface area contributed by atoms with Crippen LogP contribution in [0, 0.1) is 5.92 Å². The number of nitrogens with two attached hydrogens (primary N) is 2. The third kappa shape index (κ3) is 10.9. The van der Waals surface area contributed by atoms with Gasteiger partial charge in [0.15, 0.2) is 0 Å². The monoisotopic (exact) mass is 431 g/mol. The molecule has 4 amide bonds. The van der Waals surface area contributed by atoms with Gasteiger partial charge in [0.25, 0.3) is 0 Å². The Morgan fingerprint density at radius 3 is 1.83 bits per heavy atom. The number of amides is 4. The molecule has 170 valence electrons. The summed E-state index contributed by atoms with van der Waals surface area (Å²) in [6.07, 6.45) is -1.11. The Bertz CT molecular complexity index is 667. The number of primary amides is 1. The van der Waals surface area contributed by atoms with E-state index in [4.69, 9.17) is 21.7 Å². The summed E-state index contributed by atoms with van der Waals surface area (Å²) in [5.74, 6) is -6.15. The molecular weight excluding hydrogens is 402 g/mol. The molecule has 0 aliphatic rings. The van der Waals surface area contributed by atoms with Gasteiger partial charge in [0, 0.05) is 6.42 Å². The van der Waals surface area contributed by atoms with Crippen LogP contribution in [0.15, 0.2) is 0 Å². The highest BCUT2D eigenvalue weighted by Crippen LogP contribution is 2.08. The highest BCUT2D eigenvalue weighted by atomic mass is 16.4. The molecule has 0 rings (SSSR count). The molecule has 13 nitrogen and oxygen atoms in total. The quantitative estimate of drug-likeness (QED) is 0.151. The maximum Gasteiger partial charge on any atom is 0.326 e. The molecule has 0 aromatic heterocycles. The highest BCUT2D eigenvalue weighted by molar-refractivity contribution is 5.94. The van der Waals surface area contributed by atoms with Gasteiger partial charge in [0.1, 0.15) is 18.1 Å². The smallest absolute Gasteiger partial charge is 0.326 e. The van der Waals surface area contributed by atoms with E-state index in [1.165, 1.54) is 0 Å². The van der Waals surface area contributed by atoms with Crippen molar-refractivity contribution in [1.82, 2.24) is 16.0 Å². The maximum atomic E-state index is 12.6. The maximum absolute atomic E-state index is 12.6. The van der Waals surface area contributed by atoms with Gasteiger partial charge < -0.3 is 37.6 Å². The second-order valence-corrected chi connectivity index (χ2v) is 7.02. The van der Waals surface area contributed by atoms with E-state index in [2.05, 4.69) is 16.0 Å². The number of hydrogen-bond acceptors (Lipinski definition) is 7. The minimum atomic E-state index is -1.69. The molecule has 0 saturated carbocycles. The molecule has 13 heteroatoms. The van der Waals surface area contributed by atoms with Crippen LogP contribution >= 0.6 is 0 Å². The molecule has 30 heavy (non-hydrogen) atoms. The molecule has 0 bridgehead atoms. The van der Waals surface area contributed by atoms with Crippen LogP contribution in [-0.4, -0.2) is 70.5 Å². The molecule has 3 atom stereocenters. The SMILES string of the molecule is CC(C)CC(NC(=O)C(CCC(N)=O)NC(=O)CN)C(=O)NC(CC(=O)O)C(=O)O. The molecule has 0 fully saturated rings. The van der Waals surface area contributed by atoms with E-state index in [0.717, 1.165) is 0 Å². The van der Waals surface area contributed by atoms with Crippen LogP contribution in [0.2, 0.25) is 0 Å². The van der Waals surface area contributed by atoms with E-state index in [-0.39, 0.29) is 25.2 Å². The van der Waals surface area contributed by atoms with Crippen molar-refractivity contribution in [3.05, 3.63) is 0 Å². The van der Waals surface area contributed by atoms with Gasteiger partial charge in [-0.2, -0.15) is 0 Å². The fourth-order valence-electron chi connectivity index (χ4n) is 2.43. The van der Waals surface area contributed by atoms with E-state index >= 15 is 0 Å². The summed E-state index contributed by atoms with van der Waals surface area (Å²) >= 11 is 0. The third-order valence-corrected chi connectivity index (χ3v) is 3.85. The summed E-state index contributed by atoms with van der Waals surface area (Å²) in [4.78, 5) is 69.7. The topological polar surface area (TPSA) is 231 Å². The third-order valence-electron chi connectivity index (χ3n) is 3.85. The summed E-state index contributed by atoms with van der Waals surface area (Å²) in [5.41, 5.74) is 10.3. The van der Waals surface area contributed by atoms with Crippen LogP contribution in [0.4, 0.5) is 0 Å². The van der Waals surface area contributed by atoms with E-state index < -0.39 is 66.7 Å². The van der Waals surface area contributed by atoms with Crippen molar-refractivity contribution >= 4 is 35.6 Å². The zero-order valence-corrected chi connectivity index (χ0v) is 16.8. The van der Waals surface area contributed by atoms with Crippen molar-refractivity contribution in [2.75, 3.05) is 6.54 Å². The highest BCUT2D eigenvalue weighted by Gasteiger charge is 2.30. The molecule has 0 aromatic carbocycles. The van der Waals surface area contributed by atoms with Crippen LogP contribution in [0.3, 0.4) is 0 Å². The van der Waals surface area contributed by atoms with E-state index in [1.54, 1.807) is 13.8 Å². The zero-order chi connectivity index (χ0) is 23.4. The molecule has 0 aliphatic heterocycles. The fourth-order valence-corrected chi connectivity index (χ4v) is 2.43. The Balaban J connectivity index is 5.41. The molecule has 0 heterocycles. The number of rotatable bonds is 14. The number of hydrogen-bond donors (Lipinski definition) is 7. The lowest BCUT2D eigenvalue weighted by Crippen LogP contribution is -2.56. The largest absolute Gasteiger partial charge is 0.481 e. The van der Waals surface area contributed by atoms with Crippen molar-refractivity contribution < 1.29 is 39.0 Å². The van der Waals surface area contributed by atoms with Gasteiger partial charge >= 0.3 is 11.9 Å². The number of aliphatic carboxylic acids is 2. The molecule has 0 radical (unpaired) electrons. The van der Waals surface area contributed by atoms with Gasteiger partial charge in [-0.25, -0.2) is 4.79 Å². The Kier molecular flexibility index (Phi) is 11.7. The molecule has 0 aromatic rings. The lowest BCUT2D eigenvalue weighted by atomic mass is 10.0. The van der Waals surface area contributed by atoms with Crippen LogP contribution in [0.25, 0.3) is 0 Å². The number of nitrogens with one attached hydrogen (secondary N) is 3. The molecular formula is C17H29N5O8. The Hall–Kier alpha value is -3.22. The minimum absolute atomic E-state index is 0.102. The first-order valence-corrected chi connectivity index (χ1v) is 9.20. The first kappa shape index (κ1) is 26.8. The average molecular weight is 431 g/mol. The first-order chi connectivity index (χ1) is 13.9. The minimum Gasteiger partial charge on any atom is -0.481 e. The number of carbonyl (C=O) groups excluding carboxylic acids is 4. The van der Waals surface area contributed by atoms with Crippen LogP contribution < -0.4 is 27.4 Å². The summed E-state index contributed by atoms with van der Waals surface area (Å²) in [6, 6.07) is -4.10. The summed E-state index contributed by atoms with van der Waals surface area (Å²) in [5, 5.41) is 24.7. The Labute approximate surface area is 172 Å². The van der Waals surface area contributed by atoms with Crippen LogP contribution in [-0.2, 0) is 28.8 Å². The number of carboxylic acid groups (broad SMARTS) is 2. The standard InChI is InChI=1S/C17H29N5O8/c1-8(2)5-10(16(28)22-11(17(29)30)6-14(25)26)21-15(27)9(3-4-12(19)23)20-13(24)7-18/h8-11H,3-7,18H2,1-2H3,(H2,19,23)(H,20,24)(H,21,27)(H,22,28)(H,25,26)(H,29,30). The van der Waals surface area contributed by atoms with Gasteiger partial charge in [-0.05, 0) is 18.8 Å².